The molecule has 0 saturated heterocycles. The van der Waals surface area contributed by atoms with Gasteiger partial charge >= 0.3 is 0 Å². The highest BCUT2D eigenvalue weighted by atomic mass is 15.3. The molecule has 3 nitrogen and oxygen atoms in total. The Labute approximate surface area is 92.9 Å². The highest BCUT2D eigenvalue weighted by Gasteiger charge is 2.08. The normalized spacial score (nSPS) is 12.8. The van der Waals surface area contributed by atoms with Crippen molar-refractivity contribution >= 4 is 5.82 Å². The summed E-state index contributed by atoms with van der Waals surface area (Å²) in [5.74, 6) is 1.15. The van der Waals surface area contributed by atoms with Crippen LogP contribution in [0.25, 0.3) is 0 Å². The third-order valence-electron chi connectivity index (χ3n) is 2.77. The van der Waals surface area contributed by atoms with E-state index in [9.17, 15) is 0 Å². The molecule has 0 bridgehead atoms. The number of rotatable bonds is 6. The van der Waals surface area contributed by atoms with E-state index < -0.39 is 0 Å². The lowest BCUT2D eigenvalue weighted by Gasteiger charge is -2.16. The maximum Gasteiger partial charge on any atom is 0.124 e. The lowest BCUT2D eigenvalue weighted by atomic mass is 10.1. The molecule has 0 aliphatic rings. The molecule has 1 rings (SSSR count). The van der Waals surface area contributed by atoms with E-state index in [0.717, 1.165) is 17.9 Å². The van der Waals surface area contributed by atoms with Gasteiger partial charge in [0.25, 0.3) is 0 Å². The molecule has 1 atom stereocenters. The van der Waals surface area contributed by atoms with Crippen LogP contribution < -0.4 is 5.32 Å². The molecule has 1 unspecified atom stereocenters. The van der Waals surface area contributed by atoms with Crippen LogP contribution in [0.4, 0.5) is 5.82 Å². The van der Waals surface area contributed by atoms with Gasteiger partial charge in [0.2, 0.25) is 0 Å². The number of nitrogens with one attached hydrogen (secondary N) is 1. The fourth-order valence-corrected chi connectivity index (χ4v) is 1.77. The van der Waals surface area contributed by atoms with Crippen molar-refractivity contribution in [1.29, 1.82) is 0 Å². The third kappa shape index (κ3) is 3.26. The lowest BCUT2D eigenvalue weighted by Crippen LogP contribution is -2.19. The zero-order chi connectivity index (χ0) is 11.3. The molecule has 0 fully saturated rings. The van der Waals surface area contributed by atoms with Crippen molar-refractivity contribution in [3.05, 3.63) is 11.8 Å². The van der Waals surface area contributed by atoms with Gasteiger partial charge in [-0.3, -0.25) is 4.68 Å². The summed E-state index contributed by atoms with van der Waals surface area (Å²) in [5.41, 5.74) is 1.16. The van der Waals surface area contributed by atoms with Gasteiger partial charge in [-0.15, -0.1) is 0 Å². The molecule has 0 radical (unpaired) electrons. The van der Waals surface area contributed by atoms with E-state index in [1.165, 1.54) is 19.3 Å². The third-order valence-corrected chi connectivity index (χ3v) is 2.77. The first kappa shape index (κ1) is 12.1. The minimum Gasteiger partial charge on any atom is -0.368 e. The first-order valence-electron chi connectivity index (χ1n) is 6.00. The minimum atomic E-state index is 0.579. The topological polar surface area (TPSA) is 29.9 Å². The van der Waals surface area contributed by atoms with E-state index in [1.807, 2.05) is 11.7 Å². The van der Waals surface area contributed by atoms with Crippen molar-refractivity contribution in [2.45, 2.75) is 52.5 Å². The largest absolute Gasteiger partial charge is 0.368 e. The number of aryl methyl sites for hydroxylation is 2. The van der Waals surface area contributed by atoms with E-state index in [1.54, 1.807) is 0 Å². The summed E-state index contributed by atoms with van der Waals surface area (Å²) in [6.07, 6.45) is 4.62. The van der Waals surface area contributed by atoms with Gasteiger partial charge in [0.15, 0.2) is 0 Å². The Balaban J connectivity index is 2.65. The molecule has 0 amide bonds. The van der Waals surface area contributed by atoms with E-state index >= 15 is 0 Å². The average Bonchev–Trinajstić information content (AvgIpc) is 2.59. The van der Waals surface area contributed by atoms with Crippen molar-refractivity contribution < 1.29 is 0 Å². The summed E-state index contributed by atoms with van der Waals surface area (Å²) in [6.45, 7) is 6.59. The molecule has 1 aromatic heterocycles. The van der Waals surface area contributed by atoms with Crippen LogP contribution >= 0.6 is 0 Å². The number of nitrogens with zero attached hydrogens (tertiary/aromatic N) is 2. The van der Waals surface area contributed by atoms with Gasteiger partial charge in [0.1, 0.15) is 5.82 Å². The second-order valence-corrected chi connectivity index (χ2v) is 4.04. The quantitative estimate of drug-likeness (QED) is 0.780. The zero-order valence-corrected chi connectivity index (χ0v) is 10.4. The second kappa shape index (κ2) is 5.79. The molecule has 1 heterocycles. The van der Waals surface area contributed by atoms with Gasteiger partial charge in [0.05, 0.1) is 5.69 Å². The van der Waals surface area contributed by atoms with Crippen LogP contribution in [0.1, 0.15) is 45.7 Å². The van der Waals surface area contributed by atoms with Gasteiger partial charge in [-0.1, -0.05) is 27.2 Å². The van der Waals surface area contributed by atoms with Crippen LogP contribution in [0, 0.1) is 0 Å². The fourth-order valence-electron chi connectivity index (χ4n) is 1.77. The first-order valence-corrected chi connectivity index (χ1v) is 6.00. The highest BCUT2D eigenvalue weighted by molar-refractivity contribution is 5.38. The van der Waals surface area contributed by atoms with E-state index in [4.69, 9.17) is 0 Å². The summed E-state index contributed by atoms with van der Waals surface area (Å²) >= 11 is 0. The first-order chi connectivity index (χ1) is 7.21. The monoisotopic (exact) mass is 209 g/mol. The van der Waals surface area contributed by atoms with Crippen LogP contribution in [0.3, 0.4) is 0 Å². The molecule has 0 aliphatic carbocycles. The fraction of sp³-hybridized carbons (Fsp3) is 0.750. The van der Waals surface area contributed by atoms with Gasteiger partial charge in [0, 0.05) is 19.2 Å². The van der Waals surface area contributed by atoms with Gasteiger partial charge in [-0.05, 0) is 19.3 Å². The SMILES string of the molecule is CCCC(CC)Nc1cc(CC)nn1C. The molecule has 3 heteroatoms. The smallest absolute Gasteiger partial charge is 0.124 e. The Morgan fingerprint density at radius 1 is 1.40 bits per heavy atom. The summed E-state index contributed by atoms with van der Waals surface area (Å²) < 4.78 is 1.94. The summed E-state index contributed by atoms with van der Waals surface area (Å²) in [6, 6.07) is 2.73. The Morgan fingerprint density at radius 3 is 2.60 bits per heavy atom. The Hall–Kier alpha value is -0.990. The van der Waals surface area contributed by atoms with Crippen LogP contribution in [0.5, 0.6) is 0 Å². The summed E-state index contributed by atoms with van der Waals surface area (Å²) in [5, 5.41) is 7.98. The van der Waals surface area contributed by atoms with Crippen molar-refractivity contribution in [2.75, 3.05) is 5.32 Å². The molecule has 1 N–H and O–H groups in total. The maximum absolute atomic E-state index is 4.43. The molecule has 1 aromatic rings. The van der Waals surface area contributed by atoms with Crippen molar-refractivity contribution in [3.8, 4) is 0 Å². The Morgan fingerprint density at radius 2 is 2.13 bits per heavy atom. The Bertz CT molecular complexity index is 291. The minimum absolute atomic E-state index is 0.579. The highest BCUT2D eigenvalue weighted by Crippen LogP contribution is 2.14. The number of anilines is 1. The van der Waals surface area contributed by atoms with Gasteiger partial charge in [-0.2, -0.15) is 5.10 Å². The predicted molar refractivity (Wildman–Crippen MR) is 65.2 cm³/mol. The van der Waals surface area contributed by atoms with E-state index in [0.29, 0.717) is 6.04 Å². The number of aromatic nitrogens is 2. The average molecular weight is 209 g/mol. The van der Waals surface area contributed by atoms with Crippen LogP contribution in [0.15, 0.2) is 6.07 Å². The van der Waals surface area contributed by atoms with Crippen LogP contribution in [-0.2, 0) is 13.5 Å². The molecule has 0 saturated carbocycles. The van der Waals surface area contributed by atoms with Crippen LogP contribution in [0.2, 0.25) is 0 Å². The number of hydrogen-bond acceptors (Lipinski definition) is 2. The molecular weight excluding hydrogens is 186 g/mol. The van der Waals surface area contributed by atoms with E-state index in [2.05, 4.69) is 37.3 Å². The van der Waals surface area contributed by atoms with Gasteiger partial charge in [-0.25, -0.2) is 0 Å². The molecule has 15 heavy (non-hydrogen) atoms. The summed E-state index contributed by atoms with van der Waals surface area (Å²) in [4.78, 5) is 0. The lowest BCUT2D eigenvalue weighted by molar-refractivity contribution is 0.611. The molecule has 0 aromatic carbocycles. The summed E-state index contributed by atoms with van der Waals surface area (Å²) in [7, 11) is 2.00. The van der Waals surface area contributed by atoms with E-state index in [-0.39, 0.29) is 0 Å². The molecule has 86 valence electrons. The molecule has 0 spiro atoms. The second-order valence-electron chi connectivity index (χ2n) is 4.04. The molecule has 0 aliphatic heterocycles. The van der Waals surface area contributed by atoms with Crippen LogP contribution in [-0.4, -0.2) is 15.8 Å². The predicted octanol–water partition coefficient (Wildman–Crippen LogP) is 2.97. The standard InChI is InChI=1S/C12H23N3/c1-5-8-10(6-2)13-12-9-11(7-3)14-15(12)4/h9-10,13H,5-8H2,1-4H3. The molecular formula is C12H23N3. The van der Waals surface area contributed by atoms with Crippen molar-refractivity contribution in [1.82, 2.24) is 9.78 Å². The van der Waals surface area contributed by atoms with Crippen molar-refractivity contribution in [2.24, 2.45) is 7.05 Å². The Kier molecular flexibility index (Phi) is 4.66. The van der Waals surface area contributed by atoms with Crippen molar-refractivity contribution in [3.63, 3.8) is 0 Å². The number of hydrogen-bond donors (Lipinski definition) is 1. The maximum atomic E-state index is 4.43. The zero-order valence-electron chi connectivity index (χ0n) is 10.4. The van der Waals surface area contributed by atoms with Gasteiger partial charge < -0.3 is 5.32 Å².